The highest BCUT2D eigenvalue weighted by Crippen LogP contribution is 2.34. The number of hydrogen-bond acceptors (Lipinski definition) is 1. The van der Waals surface area contributed by atoms with Gasteiger partial charge in [0.1, 0.15) is 0 Å². The summed E-state index contributed by atoms with van der Waals surface area (Å²) in [4.78, 5) is 12.5. The van der Waals surface area contributed by atoms with Crippen molar-refractivity contribution in [2.75, 3.05) is 0 Å². The van der Waals surface area contributed by atoms with Crippen molar-refractivity contribution >= 4 is 5.78 Å². The van der Waals surface area contributed by atoms with Crippen molar-refractivity contribution in [1.29, 1.82) is 0 Å². The number of carbonyl (C=O) groups is 1. The molecule has 0 N–H and O–H groups in total. The Balaban J connectivity index is 2.06. The second kappa shape index (κ2) is 5.69. The molecule has 98 valence electrons. The molecule has 0 amide bonds. The van der Waals surface area contributed by atoms with Gasteiger partial charge in [-0.3, -0.25) is 4.79 Å². The van der Waals surface area contributed by atoms with Crippen LogP contribution in [0.1, 0.15) is 56.0 Å². The van der Waals surface area contributed by atoms with E-state index in [-0.39, 0.29) is 5.92 Å². The molecule has 0 heterocycles. The molecule has 1 saturated carbocycles. The maximum absolute atomic E-state index is 12.5. The predicted molar refractivity (Wildman–Crippen MR) is 75.8 cm³/mol. The Hall–Kier alpha value is -1.11. The van der Waals surface area contributed by atoms with E-state index in [9.17, 15) is 4.79 Å². The average Bonchev–Trinajstić information content (AvgIpc) is 2.41. The average molecular weight is 244 g/mol. The molecule has 0 aliphatic heterocycles. The molecule has 0 bridgehead atoms. The Morgan fingerprint density at radius 1 is 1.11 bits per heavy atom. The topological polar surface area (TPSA) is 17.1 Å². The lowest BCUT2D eigenvalue weighted by molar-refractivity contribution is 0.0837. The van der Waals surface area contributed by atoms with Gasteiger partial charge in [0.25, 0.3) is 0 Å². The van der Waals surface area contributed by atoms with Crippen molar-refractivity contribution in [1.82, 2.24) is 0 Å². The third-order valence-electron chi connectivity index (χ3n) is 4.62. The van der Waals surface area contributed by atoms with Crippen molar-refractivity contribution < 1.29 is 4.79 Å². The van der Waals surface area contributed by atoms with Crippen LogP contribution >= 0.6 is 0 Å². The minimum atomic E-state index is 0.253. The quantitative estimate of drug-likeness (QED) is 0.715. The van der Waals surface area contributed by atoms with E-state index in [1.165, 1.54) is 12.0 Å². The van der Waals surface area contributed by atoms with Crippen LogP contribution in [0, 0.1) is 17.8 Å². The molecule has 3 atom stereocenters. The minimum absolute atomic E-state index is 0.253. The molecule has 1 aromatic rings. The molecule has 1 aliphatic rings. The Morgan fingerprint density at radius 2 is 1.78 bits per heavy atom. The number of ketones is 1. The van der Waals surface area contributed by atoms with Crippen LogP contribution in [0.2, 0.25) is 0 Å². The summed E-state index contributed by atoms with van der Waals surface area (Å²) < 4.78 is 0. The van der Waals surface area contributed by atoms with Crippen LogP contribution in [0.25, 0.3) is 0 Å². The number of rotatable bonds is 3. The molecular formula is C17H24O. The Morgan fingerprint density at radius 3 is 2.33 bits per heavy atom. The van der Waals surface area contributed by atoms with E-state index in [1.807, 2.05) is 12.1 Å². The van der Waals surface area contributed by atoms with E-state index in [1.54, 1.807) is 0 Å². The highest BCUT2D eigenvalue weighted by molar-refractivity contribution is 5.97. The van der Waals surface area contributed by atoms with Crippen LogP contribution in [0.15, 0.2) is 24.3 Å². The van der Waals surface area contributed by atoms with Crippen LogP contribution in [0.4, 0.5) is 0 Å². The van der Waals surface area contributed by atoms with Gasteiger partial charge in [-0.2, -0.15) is 0 Å². The third-order valence-corrected chi connectivity index (χ3v) is 4.62. The van der Waals surface area contributed by atoms with Gasteiger partial charge >= 0.3 is 0 Å². The first-order chi connectivity index (χ1) is 8.61. The molecule has 1 heteroatoms. The molecule has 3 unspecified atom stereocenters. The van der Waals surface area contributed by atoms with E-state index < -0.39 is 0 Å². The van der Waals surface area contributed by atoms with E-state index in [0.29, 0.717) is 11.7 Å². The molecule has 1 aromatic carbocycles. The number of hydrogen-bond donors (Lipinski definition) is 0. The summed E-state index contributed by atoms with van der Waals surface area (Å²) in [6.07, 6.45) is 4.37. The molecule has 1 aliphatic carbocycles. The van der Waals surface area contributed by atoms with Crippen LogP contribution in [-0.2, 0) is 6.42 Å². The van der Waals surface area contributed by atoms with Crippen molar-refractivity contribution in [3.05, 3.63) is 35.4 Å². The summed E-state index contributed by atoms with van der Waals surface area (Å²) in [5.41, 5.74) is 2.20. The van der Waals surface area contributed by atoms with Gasteiger partial charge in [-0.05, 0) is 43.1 Å². The maximum atomic E-state index is 12.5. The molecule has 0 radical (unpaired) electrons. The van der Waals surface area contributed by atoms with Crippen LogP contribution in [0.5, 0.6) is 0 Å². The van der Waals surface area contributed by atoms with Gasteiger partial charge in [-0.15, -0.1) is 0 Å². The second-order valence-electron chi connectivity index (χ2n) is 5.88. The third kappa shape index (κ3) is 2.82. The Labute approximate surface area is 111 Å². The number of aryl methyl sites for hydroxylation is 1. The first kappa shape index (κ1) is 13.3. The summed E-state index contributed by atoms with van der Waals surface area (Å²) in [7, 11) is 0. The highest BCUT2D eigenvalue weighted by atomic mass is 16.1. The zero-order valence-corrected chi connectivity index (χ0v) is 11.8. The smallest absolute Gasteiger partial charge is 0.165 e. The SMILES string of the molecule is CCc1ccc(C(=O)C2CCC(C)C(C)C2)cc1. The molecule has 2 rings (SSSR count). The summed E-state index contributed by atoms with van der Waals surface area (Å²) >= 11 is 0. The van der Waals surface area contributed by atoms with Crippen LogP contribution in [0.3, 0.4) is 0 Å². The maximum Gasteiger partial charge on any atom is 0.165 e. The number of Topliss-reactive ketones (excluding diaryl/α,β-unsaturated/α-hetero) is 1. The van der Waals surface area contributed by atoms with E-state index in [2.05, 4.69) is 32.9 Å². The van der Waals surface area contributed by atoms with Crippen LogP contribution in [-0.4, -0.2) is 5.78 Å². The lowest BCUT2D eigenvalue weighted by Crippen LogP contribution is -2.26. The number of carbonyl (C=O) groups excluding carboxylic acids is 1. The first-order valence-electron chi connectivity index (χ1n) is 7.25. The van der Waals surface area contributed by atoms with Gasteiger partial charge in [0.2, 0.25) is 0 Å². The summed E-state index contributed by atoms with van der Waals surface area (Å²) in [6, 6.07) is 8.18. The summed E-state index contributed by atoms with van der Waals surface area (Å²) in [5.74, 6) is 2.07. The fraction of sp³-hybridized carbons (Fsp3) is 0.588. The van der Waals surface area contributed by atoms with Gasteiger partial charge in [-0.25, -0.2) is 0 Å². The summed E-state index contributed by atoms with van der Waals surface area (Å²) in [6.45, 7) is 6.73. The van der Waals surface area contributed by atoms with E-state index >= 15 is 0 Å². The van der Waals surface area contributed by atoms with Crippen molar-refractivity contribution in [3.8, 4) is 0 Å². The molecular weight excluding hydrogens is 220 g/mol. The second-order valence-corrected chi connectivity index (χ2v) is 5.88. The fourth-order valence-corrected chi connectivity index (χ4v) is 2.93. The van der Waals surface area contributed by atoms with E-state index in [0.717, 1.165) is 30.7 Å². The Kier molecular flexibility index (Phi) is 4.21. The lowest BCUT2D eigenvalue weighted by Gasteiger charge is -2.31. The van der Waals surface area contributed by atoms with Crippen LogP contribution < -0.4 is 0 Å². The lowest BCUT2D eigenvalue weighted by atomic mass is 9.73. The molecule has 0 saturated heterocycles. The molecule has 18 heavy (non-hydrogen) atoms. The number of benzene rings is 1. The van der Waals surface area contributed by atoms with Crippen molar-refractivity contribution in [2.45, 2.75) is 46.5 Å². The highest BCUT2D eigenvalue weighted by Gasteiger charge is 2.29. The zero-order valence-electron chi connectivity index (χ0n) is 11.8. The standard InChI is InChI=1S/C17H24O/c1-4-14-6-9-15(10-7-14)17(18)16-8-5-12(2)13(3)11-16/h6-7,9-10,12-13,16H,4-5,8,11H2,1-3H3. The van der Waals surface area contributed by atoms with E-state index in [4.69, 9.17) is 0 Å². The molecule has 1 fully saturated rings. The first-order valence-corrected chi connectivity index (χ1v) is 7.25. The van der Waals surface area contributed by atoms with Gasteiger partial charge in [0, 0.05) is 11.5 Å². The van der Waals surface area contributed by atoms with Gasteiger partial charge in [0.15, 0.2) is 5.78 Å². The molecule has 0 aromatic heterocycles. The monoisotopic (exact) mass is 244 g/mol. The van der Waals surface area contributed by atoms with Crippen molar-refractivity contribution in [3.63, 3.8) is 0 Å². The largest absolute Gasteiger partial charge is 0.294 e. The van der Waals surface area contributed by atoms with Crippen molar-refractivity contribution in [2.24, 2.45) is 17.8 Å². The normalized spacial score (nSPS) is 28.1. The Bertz CT molecular complexity index is 404. The van der Waals surface area contributed by atoms with Gasteiger partial charge in [0.05, 0.1) is 0 Å². The molecule has 0 spiro atoms. The molecule has 1 nitrogen and oxygen atoms in total. The zero-order chi connectivity index (χ0) is 13.1. The van der Waals surface area contributed by atoms with Gasteiger partial charge < -0.3 is 0 Å². The fourth-order valence-electron chi connectivity index (χ4n) is 2.93. The predicted octanol–water partition coefficient (Wildman–Crippen LogP) is 4.50. The van der Waals surface area contributed by atoms with Gasteiger partial charge in [-0.1, -0.05) is 45.0 Å². The summed E-state index contributed by atoms with van der Waals surface area (Å²) in [5, 5.41) is 0. The minimum Gasteiger partial charge on any atom is -0.294 e.